The molecule has 0 aromatic heterocycles. The second-order valence-corrected chi connectivity index (χ2v) is 8.03. The fourth-order valence-corrected chi connectivity index (χ4v) is 3.36. The van der Waals surface area contributed by atoms with Crippen molar-refractivity contribution in [1.82, 2.24) is 9.80 Å². The average molecular weight is 376 g/mol. The van der Waals surface area contributed by atoms with Crippen molar-refractivity contribution in [2.24, 2.45) is 0 Å². The summed E-state index contributed by atoms with van der Waals surface area (Å²) in [7, 11) is 0. The van der Waals surface area contributed by atoms with Crippen molar-refractivity contribution in [1.29, 1.82) is 0 Å². The first-order valence-corrected chi connectivity index (χ1v) is 9.68. The Kier molecular flexibility index (Phi) is 7.11. The third-order valence-corrected chi connectivity index (χ3v) is 4.70. The number of rotatable bonds is 4. The number of carbonyl (C=O) groups excluding carboxylic acids is 2. The quantitative estimate of drug-likeness (QED) is 0.780. The largest absolute Gasteiger partial charge is 0.445 e. The van der Waals surface area contributed by atoms with Gasteiger partial charge in [0.25, 0.3) is 0 Å². The molecule has 1 saturated heterocycles. The summed E-state index contributed by atoms with van der Waals surface area (Å²) in [6, 6.07) is 9.72. The van der Waals surface area contributed by atoms with Gasteiger partial charge in [0.15, 0.2) is 0 Å². The Hall–Kier alpha value is -2.24. The average Bonchev–Trinajstić information content (AvgIpc) is 2.60. The third kappa shape index (κ3) is 6.15. The Labute approximate surface area is 162 Å². The van der Waals surface area contributed by atoms with E-state index in [-0.39, 0.29) is 30.9 Å². The fraction of sp³-hybridized carbons (Fsp3) is 0.619. The Balaban J connectivity index is 1.90. The summed E-state index contributed by atoms with van der Waals surface area (Å²) in [4.78, 5) is 28.4. The van der Waals surface area contributed by atoms with Gasteiger partial charge in [0.2, 0.25) is 0 Å². The predicted molar refractivity (Wildman–Crippen MR) is 104 cm³/mol. The van der Waals surface area contributed by atoms with Crippen molar-refractivity contribution in [2.45, 2.75) is 71.8 Å². The number of carbonyl (C=O) groups is 2. The molecule has 1 aromatic rings. The zero-order valence-corrected chi connectivity index (χ0v) is 17.1. The summed E-state index contributed by atoms with van der Waals surface area (Å²) in [5, 5.41) is 0. The molecule has 27 heavy (non-hydrogen) atoms. The van der Waals surface area contributed by atoms with Crippen LogP contribution in [0.15, 0.2) is 30.3 Å². The zero-order valence-electron chi connectivity index (χ0n) is 17.1. The van der Waals surface area contributed by atoms with E-state index >= 15 is 0 Å². The van der Waals surface area contributed by atoms with Gasteiger partial charge in [-0.15, -0.1) is 0 Å². The molecular weight excluding hydrogens is 344 g/mol. The molecule has 1 aromatic carbocycles. The van der Waals surface area contributed by atoms with Gasteiger partial charge in [-0.3, -0.25) is 0 Å². The molecule has 0 saturated carbocycles. The molecular formula is C21H32N2O4. The van der Waals surface area contributed by atoms with Crippen molar-refractivity contribution < 1.29 is 19.1 Å². The van der Waals surface area contributed by atoms with Gasteiger partial charge in [0.1, 0.15) is 12.2 Å². The molecule has 0 radical (unpaired) electrons. The van der Waals surface area contributed by atoms with E-state index in [0.717, 1.165) is 12.0 Å². The van der Waals surface area contributed by atoms with Crippen LogP contribution in [0.2, 0.25) is 0 Å². The van der Waals surface area contributed by atoms with E-state index in [4.69, 9.17) is 9.47 Å². The highest BCUT2D eigenvalue weighted by atomic mass is 16.6. The number of hydrogen-bond acceptors (Lipinski definition) is 4. The number of nitrogens with zero attached hydrogens (tertiary/aromatic N) is 2. The summed E-state index contributed by atoms with van der Waals surface area (Å²) in [6.07, 6.45) is 0.846. The number of ether oxygens (including phenoxy) is 2. The first kappa shape index (κ1) is 21.1. The smallest absolute Gasteiger partial charge is 0.410 e. The second-order valence-electron chi connectivity index (χ2n) is 8.03. The molecule has 2 amide bonds. The highest BCUT2D eigenvalue weighted by Crippen LogP contribution is 2.24. The van der Waals surface area contributed by atoms with Crippen LogP contribution < -0.4 is 0 Å². The minimum Gasteiger partial charge on any atom is -0.445 e. The van der Waals surface area contributed by atoms with Crippen LogP contribution in [0.3, 0.4) is 0 Å². The molecule has 1 heterocycles. The van der Waals surface area contributed by atoms with E-state index in [0.29, 0.717) is 19.5 Å². The summed E-state index contributed by atoms with van der Waals surface area (Å²) >= 11 is 0. The molecule has 1 fully saturated rings. The lowest BCUT2D eigenvalue weighted by Gasteiger charge is -2.41. The first-order chi connectivity index (χ1) is 12.7. The lowest BCUT2D eigenvalue weighted by molar-refractivity contribution is 0.00365. The molecule has 2 rings (SSSR count). The maximum atomic E-state index is 12.5. The van der Waals surface area contributed by atoms with Gasteiger partial charge in [-0.25, -0.2) is 9.59 Å². The van der Waals surface area contributed by atoms with Gasteiger partial charge in [0.05, 0.1) is 0 Å². The molecule has 1 aliphatic rings. The predicted octanol–water partition coefficient (Wildman–Crippen LogP) is 4.43. The van der Waals surface area contributed by atoms with Gasteiger partial charge in [-0.2, -0.15) is 0 Å². The SMILES string of the molecule is CCN(C(=O)OC(C)(C)C)C1CCN(C(=O)OCc2ccccc2)C(C)C1. The lowest BCUT2D eigenvalue weighted by Crippen LogP contribution is -2.53. The van der Waals surface area contributed by atoms with Crippen LogP contribution in [0.1, 0.15) is 53.0 Å². The van der Waals surface area contributed by atoms with Crippen LogP contribution in [-0.2, 0) is 16.1 Å². The molecule has 0 spiro atoms. The Morgan fingerprint density at radius 1 is 1.22 bits per heavy atom. The van der Waals surface area contributed by atoms with E-state index in [1.165, 1.54) is 0 Å². The van der Waals surface area contributed by atoms with E-state index in [1.807, 2.05) is 65.0 Å². The third-order valence-electron chi connectivity index (χ3n) is 4.70. The maximum Gasteiger partial charge on any atom is 0.410 e. The highest BCUT2D eigenvalue weighted by molar-refractivity contribution is 5.69. The Bertz CT molecular complexity index is 627. The summed E-state index contributed by atoms with van der Waals surface area (Å²) in [6.45, 7) is 11.0. The topological polar surface area (TPSA) is 59.1 Å². The van der Waals surface area contributed by atoms with Crippen molar-refractivity contribution in [3.8, 4) is 0 Å². The molecule has 2 atom stereocenters. The summed E-state index contributed by atoms with van der Waals surface area (Å²) in [5.74, 6) is 0. The normalized spacial score (nSPS) is 20.1. The summed E-state index contributed by atoms with van der Waals surface area (Å²) < 4.78 is 11.0. The standard InChI is InChI=1S/C21H32N2O4/c1-6-22(20(25)27-21(3,4)5)18-12-13-23(16(2)14-18)19(24)26-15-17-10-8-7-9-11-17/h7-11,16,18H,6,12-15H2,1-5H3. The van der Waals surface area contributed by atoms with Crippen LogP contribution >= 0.6 is 0 Å². The molecule has 6 heteroatoms. The monoisotopic (exact) mass is 376 g/mol. The molecule has 0 aliphatic carbocycles. The van der Waals surface area contributed by atoms with E-state index in [9.17, 15) is 9.59 Å². The van der Waals surface area contributed by atoms with Gasteiger partial charge in [-0.1, -0.05) is 30.3 Å². The van der Waals surface area contributed by atoms with Crippen LogP contribution in [0.25, 0.3) is 0 Å². The maximum absolute atomic E-state index is 12.5. The number of piperidine rings is 1. The van der Waals surface area contributed by atoms with Gasteiger partial charge in [0, 0.05) is 25.2 Å². The molecule has 6 nitrogen and oxygen atoms in total. The van der Waals surface area contributed by atoms with Crippen molar-refractivity contribution in [2.75, 3.05) is 13.1 Å². The summed E-state index contributed by atoms with van der Waals surface area (Å²) in [5.41, 5.74) is 0.452. The van der Waals surface area contributed by atoms with E-state index < -0.39 is 5.60 Å². The Morgan fingerprint density at radius 3 is 2.44 bits per heavy atom. The lowest BCUT2D eigenvalue weighted by atomic mass is 9.97. The molecule has 150 valence electrons. The number of amides is 2. The second kappa shape index (κ2) is 9.11. The van der Waals surface area contributed by atoms with Crippen LogP contribution in [0.5, 0.6) is 0 Å². The minimum atomic E-state index is -0.516. The minimum absolute atomic E-state index is 0.00325. The van der Waals surface area contributed by atoms with E-state index in [2.05, 4.69) is 0 Å². The number of likely N-dealkylation sites (tertiary alicyclic amines) is 1. The molecule has 1 aliphatic heterocycles. The van der Waals surface area contributed by atoms with Crippen molar-refractivity contribution in [3.63, 3.8) is 0 Å². The fourth-order valence-electron chi connectivity index (χ4n) is 3.36. The number of benzene rings is 1. The van der Waals surface area contributed by atoms with Crippen molar-refractivity contribution in [3.05, 3.63) is 35.9 Å². The van der Waals surface area contributed by atoms with Gasteiger partial charge >= 0.3 is 12.2 Å². The highest BCUT2D eigenvalue weighted by Gasteiger charge is 2.35. The van der Waals surface area contributed by atoms with Crippen LogP contribution in [0.4, 0.5) is 9.59 Å². The molecule has 2 unspecified atom stereocenters. The van der Waals surface area contributed by atoms with Crippen LogP contribution in [0, 0.1) is 0 Å². The van der Waals surface area contributed by atoms with E-state index in [1.54, 1.807) is 9.80 Å². The Morgan fingerprint density at radius 2 is 1.89 bits per heavy atom. The van der Waals surface area contributed by atoms with Gasteiger partial charge in [-0.05, 0) is 53.0 Å². The molecule has 0 bridgehead atoms. The van der Waals surface area contributed by atoms with Gasteiger partial charge < -0.3 is 19.3 Å². The number of hydrogen-bond donors (Lipinski definition) is 0. The van der Waals surface area contributed by atoms with Crippen LogP contribution in [-0.4, -0.2) is 52.8 Å². The van der Waals surface area contributed by atoms with Crippen molar-refractivity contribution >= 4 is 12.2 Å². The first-order valence-electron chi connectivity index (χ1n) is 9.68. The zero-order chi connectivity index (χ0) is 20.0. The molecule has 0 N–H and O–H groups in total.